The summed E-state index contributed by atoms with van der Waals surface area (Å²) in [7, 11) is 0. The predicted octanol–water partition coefficient (Wildman–Crippen LogP) is 4.97. The van der Waals surface area contributed by atoms with Crippen molar-refractivity contribution in [3.05, 3.63) is 60.1 Å². The van der Waals surface area contributed by atoms with E-state index in [0.717, 1.165) is 27.5 Å². The molecule has 0 saturated carbocycles. The number of aromatic hydroxyl groups is 1. The van der Waals surface area contributed by atoms with Crippen LogP contribution in [0.4, 0.5) is 0 Å². The second-order valence-electron chi connectivity index (χ2n) is 5.67. The van der Waals surface area contributed by atoms with Crippen LogP contribution in [0.5, 0.6) is 11.5 Å². The van der Waals surface area contributed by atoms with Gasteiger partial charge in [0.05, 0.1) is 24.2 Å². The Labute approximate surface area is 154 Å². The minimum absolute atomic E-state index is 0.139. The van der Waals surface area contributed by atoms with E-state index in [9.17, 15) is 5.11 Å². The second-order valence-corrected chi connectivity index (χ2v) is 6.53. The highest BCUT2D eigenvalue weighted by molar-refractivity contribution is 7.13. The maximum absolute atomic E-state index is 10.4. The Bertz CT molecular complexity index is 1020. The molecule has 0 aliphatic carbocycles. The average molecular weight is 363 g/mol. The molecular weight excluding hydrogens is 346 g/mol. The van der Waals surface area contributed by atoms with E-state index in [0.29, 0.717) is 17.9 Å². The number of aromatic nitrogens is 3. The van der Waals surface area contributed by atoms with Crippen LogP contribution < -0.4 is 4.74 Å². The lowest BCUT2D eigenvalue weighted by Crippen LogP contribution is -1.91. The van der Waals surface area contributed by atoms with Crippen LogP contribution in [0.25, 0.3) is 33.1 Å². The zero-order valence-electron chi connectivity index (χ0n) is 14.1. The average Bonchev–Trinajstić information content (AvgIpc) is 3.32. The molecule has 0 radical (unpaired) electrons. The van der Waals surface area contributed by atoms with E-state index in [2.05, 4.69) is 10.2 Å². The molecule has 0 amide bonds. The summed E-state index contributed by atoms with van der Waals surface area (Å²) in [5, 5.41) is 20.5. The first kappa shape index (κ1) is 16.4. The zero-order chi connectivity index (χ0) is 17.9. The lowest BCUT2D eigenvalue weighted by molar-refractivity contribution is 0.338. The highest BCUT2D eigenvalue weighted by atomic mass is 32.1. The minimum atomic E-state index is 0.139. The summed E-state index contributed by atoms with van der Waals surface area (Å²) in [6, 6.07) is 15.3. The molecule has 4 aromatic rings. The fourth-order valence-corrected chi connectivity index (χ4v) is 3.60. The molecule has 130 valence electrons. The molecule has 0 aliphatic heterocycles. The van der Waals surface area contributed by atoms with Gasteiger partial charge in [-0.05, 0) is 19.1 Å². The number of nitrogens with one attached hydrogen (secondary N) is 1. The van der Waals surface area contributed by atoms with Crippen LogP contribution in [0.1, 0.15) is 6.92 Å². The Hall–Kier alpha value is -3.12. The zero-order valence-corrected chi connectivity index (χ0v) is 15.0. The Morgan fingerprint density at radius 3 is 2.73 bits per heavy atom. The van der Waals surface area contributed by atoms with Gasteiger partial charge >= 0.3 is 0 Å². The summed E-state index contributed by atoms with van der Waals surface area (Å²) >= 11 is 1.58. The van der Waals surface area contributed by atoms with Crippen molar-refractivity contribution in [3.63, 3.8) is 0 Å². The van der Waals surface area contributed by atoms with Crippen LogP contribution >= 0.6 is 11.3 Å². The summed E-state index contributed by atoms with van der Waals surface area (Å²) in [6.07, 6.45) is 1.73. The fraction of sp³-hybridized carbons (Fsp3) is 0.100. The molecule has 0 unspecified atom stereocenters. The Morgan fingerprint density at radius 2 is 1.96 bits per heavy atom. The molecule has 5 nitrogen and oxygen atoms in total. The normalized spacial score (nSPS) is 10.8. The van der Waals surface area contributed by atoms with Crippen LogP contribution in [0.3, 0.4) is 0 Å². The maximum Gasteiger partial charge on any atom is 0.128 e. The molecule has 26 heavy (non-hydrogen) atoms. The molecule has 4 rings (SSSR count). The molecule has 0 saturated heterocycles. The number of hydrogen-bond acceptors (Lipinski definition) is 5. The lowest BCUT2D eigenvalue weighted by Gasteiger charge is -2.08. The smallest absolute Gasteiger partial charge is 0.128 e. The van der Waals surface area contributed by atoms with Gasteiger partial charge in [0.25, 0.3) is 0 Å². The van der Waals surface area contributed by atoms with E-state index >= 15 is 0 Å². The summed E-state index contributed by atoms with van der Waals surface area (Å²) < 4.78 is 5.43. The number of benzene rings is 2. The number of H-pyrrole nitrogens is 1. The molecule has 0 fully saturated rings. The van der Waals surface area contributed by atoms with Gasteiger partial charge in [-0.15, -0.1) is 11.3 Å². The van der Waals surface area contributed by atoms with Crippen LogP contribution in [0, 0.1) is 0 Å². The Balaban J connectivity index is 1.71. The van der Waals surface area contributed by atoms with E-state index in [1.807, 2.05) is 54.8 Å². The Morgan fingerprint density at radius 1 is 1.12 bits per heavy atom. The Kier molecular flexibility index (Phi) is 4.41. The third-order valence-corrected chi connectivity index (χ3v) is 4.88. The van der Waals surface area contributed by atoms with E-state index < -0.39 is 0 Å². The molecule has 2 heterocycles. The SMILES string of the molecule is CCOc1ccc(-c2[nH]ncc2-c2csc(-c3ccccc3)n2)c(O)c1. The number of phenols is 1. The topological polar surface area (TPSA) is 71.0 Å². The van der Waals surface area contributed by atoms with Crippen molar-refractivity contribution >= 4 is 11.3 Å². The second kappa shape index (κ2) is 7.01. The summed E-state index contributed by atoms with van der Waals surface area (Å²) in [6.45, 7) is 2.46. The van der Waals surface area contributed by atoms with Crippen LogP contribution in [-0.2, 0) is 0 Å². The number of thiazole rings is 1. The maximum atomic E-state index is 10.4. The van der Waals surface area contributed by atoms with Gasteiger partial charge in [-0.1, -0.05) is 30.3 Å². The van der Waals surface area contributed by atoms with E-state index in [4.69, 9.17) is 9.72 Å². The molecule has 2 aromatic carbocycles. The van der Waals surface area contributed by atoms with Gasteiger partial charge in [-0.2, -0.15) is 5.10 Å². The van der Waals surface area contributed by atoms with Crippen molar-refractivity contribution in [2.24, 2.45) is 0 Å². The first-order valence-corrected chi connectivity index (χ1v) is 9.15. The van der Waals surface area contributed by atoms with Gasteiger partial charge in [0.1, 0.15) is 16.5 Å². The molecule has 6 heteroatoms. The molecule has 0 spiro atoms. The molecular formula is C20H17N3O2S. The number of hydrogen-bond donors (Lipinski definition) is 2. The number of phenolic OH excluding ortho intramolecular Hbond substituents is 1. The van der Waals surface area contributed by atoms with Gasteiger partial charge in [0, 0.05) is 28.1 Å². The van der Waals surface area contributed by atoms with Crippen molar-refractivity contribution in [1.82, 2.24) is 15.2 Å². The summed E-state index contributed by atoms with van der Waals surface area (Å²) in [5.41, 5.74) is 4.15. The molecule has 0 aliphatic rings. The van der Waals surface area contributed by atoms with Crippen molar-refractivity contribution in [2.75, 3.05) is 6.61 Å². The number of ether oxygens (including phenoxy) is 1. The first-order chi connectivity index (χ1) is 12.8. The highest BCUT2D eigenvalue weighted by Gasteiger charge is 2.16. The quantitative estimate of drug-likeness (QED) is 0.525. The van der Waals surface area contributed by atoms with Gasteiger partial charge in [-0.3, -0.25) is 5.10 Å². The molecule has 0 atom stereocenters. The monoisotopic (exact) mass is 363 g/mol. The summed E-state index contributed by atoms with van der Waals surface area (Å²) in [4.78, 5) is 4.74. The van der Waals surface area contributed by atoms with E-state index in [1.54, 1.807) is 23.6 Å². The highest BCUT2D eigenvalue weighted by Crippen LogP contribution is 2.38. The third-order valence-electron chi connectivity index (χ3n) is 3.99. The van der Waals surface area contributed by atoms with E-state index in [1.165, 1.54) is 0 Å². The van der Waals surface area contributed by atoms with Crippen molar-refractivity contribution < 1.29 is 9.84 Å². The van der Waals surface area contributed by atoms with Gasteiger partial charge in [0.15, 0.2) is 0 Å². The lowest BCUT2D eigenvalue weighted by atomic mass is 10.1. The predicted molar refractivity (Wildman–Crippen MR) is 103 cm³/mol. The van der Waals surface area contributed by atoms with E-state index in [-0.39, 0.29) is 5.75 Å². The van der Waals surface area contributed by atoms with Crippen LogP contribution in [0.2, 0.25) is 0 Å². The largest absolute Gasteiger partial charge is 0.507 e. The van der Waals surface area contributed by atoms with Crippen LogP contribution in [0.15, 0.2) is 60.1 Å². The van der Waals surface area contributed by atoms with Gasteiger partial charge in [0.2, 0.25) is 0 Å². The molecule has 0 bridgehead atoms. The third kappa shape index (κ3) is 3.07. The van der Waals surface area contributed by atoms with Crippen molar-refractivity contribution in [1.29, 1.82) is 0 Å². The number of nitrogens with zero attached hydrogens (tertiary/aromatic N) is 2. The minimum Gasteiger partial charge on any atom is -0.507 e. The molecule has 2 aromatic heterocycles. The first-order valence-electron chi connectivity index (χ1n) is 8.27. The van der Waals surface area contributed by atoms with Crippen molar-refractivity contribution in [2.45, 2.75) is 6.92 Å². The fourth-order valence-electron chi connectivity index (χ4n) is 2.78. The van der Waals surface area contributed by atoms with Gasteiger partial charge in [-0.25, -0.2) is 4.98 Å². The standard InChI is InChI=1S/C20H17N3O2S/c1-2-25-14-8-9-15(18(24)10-14)19-16(11-21-23-19)17-12-26-20(22-17)13-6-4-3-5-7-13/h3-12,24H,2H2,1H3,(H,21,23). The van der Waals surface area contributed by atoms with Gasteiger partial charge < -0.3 is 9.84 Å². The molecule has 2 N–H and O–H groups in total. The van der Waals surface area contributed by atoms with Crippen LogP contribution in [-0.4, -0.2) is 26.9 Å². The number of rotatable bonds is 5. The summed E-state index contributed by atoms with van der Waals surface area (Å²) in [5.74, 6) is 0.773. The van der Waals surface area contributed by atoms with Crippen molar-refractivity contribution in [3.8, 4) is 44.6 Å². The number of aromatic amines is 1.